The summed E-state index contributed by atoms with van der Waals surface area (Å²) in [4.78, 5) is 26.0. The highest BCUT2D eigenvalue weighted by atomic mass is 16.5. The van der Waals surface area contributed by atoms with Crippen LogP contribution in [0.15, 0.2) is 65.7 Å². The fraction of sp³-hybridized carbons (Fsp3) is 0.176. The Morgan fingerprint density at radius 2 is 1.67 bits per heavy atom. The molecule has 0 aliphatic rings. The maximum atomic E-state index is 12.2. The Morgan fingerprint density at radius 1 is 1.05 bits per heavy atom. The summed E-state index contributed by atoms with van der Waals surface area (Å²) >= 11 is 0. The van der Waals surface area contributed by atoms with Gasteiger partial charge in [-0.15, -0.1) is 0 Å². The lowest BCUT2D eigenvalue weighted by Gasteiger charge is -2.14. The Labute approximate surface area is 123 Å². The number of esters is 1. The number of isocyanates is 1. The van der Waals surface area contributed by atoms with E-state index in [1.165, 1.54) is 6.08 Å². The SMILES string of the molecule is O=C=NCC(C(=O)OCc1ccccc1)c1ccccc1. The quantitative estimate of drug-likeness (QED) is 0.465. The number of rotatable bonds is 6. The summed E-state index contributed by atoms with van der Waals surface area (Å²) in [5, 5.41) is 0. The van der Waals surface area contributed by atoms with Gasteiger partial charge in [-0.1, -0.05) is 60.7 Å². The molecule has 0 heterocycles. The molecule has 106 valence electrons. The number of aliphatic imine (C=N–C) groups is 1. The second-order valence-corrected chi connectivity index (χ2v) is 4.49. The average molecular weight is 281 g/mol. The first kappa shape index (κ1) is 14.7. The summed E-state index contributed by atoms with van der Waals surface area (Å²) in [5.41, 5.74) is 1.69. The first-order chi connectivity index (χ1) is 10.3. The van der Waals surface area contributed by atoms with Gasteiger partial charge in [0.2, 0.25) is 6.08 Å². The maximum Gasteiger partial charge on any atom is 0.315 e. The Bertz CT molecular complexity index is 619. The molecule has 1 atom stereocenters. The first-order valence-corrected chi connectivity index (χ1v) is 6.60. The largest absolute Gasteiger partial charge is 0.460 e. The van der Waals surface area contributed by atoms with Crippen molar-refractivity contribution in [2.24, 2.45) is 4.99 Å². The molecule has 2 aromatic rings. The lowest BCUT2D eigenvalue weighted by molar-refractivity contribution is -0.146. The summed E-state index contributed by atoms with van der Waals surface area (Å²) in [5.74, 6) is -0.986. The van der Waals surface area contributed by atoms with Gasteiger partial charge in [0.15, 0.2) is 0 Å². The molecular weight excluding hydrogens is 266 g/mol. The zero-order valence-electron chi connectivity index (χ0n) is 11.4. The maximum absolute atomic E-state index is 12.2. The van der Waals surface area contributed by atoms with E-state index >= 15 is 0 Å². The van der Waals surface area contributed by atoms with Crippen molar-refractivity contribution in [1.82, 2.24) is 0 Å². The molecule has 0 amide bonds. The van der Waals surface area contributed by atoms with Gasteiger partial charge in [0.25, 0.3) is 0 Å². The molecule has 4 heteroatoms. The van der Waals surface area contributed by atoms with E-state index < -0.39 is 11.9 Å². The van der Waals surface area contributed by atoms with Gasteiger partial charge in [-0.05, 0) is 11.1 Å². The lowest BCUT2D eigenvalue weighted by atomic mass is 9.99. The molecule has 1 unspecified atom stereocenters. The Balaban J connectivity index is 2.06. The standard InChI is InChI=1S/C17H15NO3/c19-13-18-11-16(15-9-5-2-6-10-15)17(20)21-12-14-7-3-1-4-8-14/h1-10,16H,11-12H2. The smallest absolute Gasteiger partial charge is 0.315 e. The number of carbonyl (C=O) groups excluding carboxylic acids is 2. The van der Waals surface area contributed by atoms with Crippen molar-refractivity contribution >= 4 is 12.0 Å². The molecule has 4 nitrogen and oxygen atoms in total. The van der Waals surface area contributed by atoms with E-state index in [1.54, 1.807) is 0 Å². The number of ether oxygens (including phenoxy) is 1. The van der Waals surface area contributed by atoms with E-state index in [2.05, 4.69) is 4.99 Å². The van der Waals surface area contributed by atoms with Crippen LogP contribution in [0.2, 0.25) is 0 Å². The van der Waals surface area contributed by atoms with Crippen LogP contribution in [0.5, 0.6) is 0 Å². The van der Waals surface area contributed by atoms with E-state index in [9.17, 15) is 9.59 Å². The summed E-state index contributed by atoms with van der Waals surface area (Å²) in [6.07, 6.45) is 1.46. The fourth-order valence-electron chi connectivity index (χ4n) is 1.96. The van der Waals surface area contributed by atoms with Crippen molar-refractivity contribution in [2.75, 3.05) is 6.54 Å². The van der Waals surface area contributed by atoms with Gasteiger partial charge >= 0.3 is 5.97 Å². The Kier molecular flexibility index (Phi) is 5.44. The number of hydrogen-bond acceptors (Lipinski definition) is 4. The van der Waals surface area contributed by atoms with Crippen molar-refractivity contribution in [2.45, 2.75) is 12.5 Å². The molecule has 21 heavy (non-hydrogen) atoms. The third-order valence-electron chi connectivity index (χ3n) is 3.05. The Morgan fingerprint density at radius 3 is 2.29 bits per heavy atom. The van der Waals surface area contributed by atoms with Crippen LogP contribution < -0.4 is 0 Å². The van der Waals surface area contributed by atoms with Gasteiger partial charge in [0.1, 0.15) is 12.5 Å². The first-order valence-electron chi connectivity index (χ1n) is 6.60. The molecule has 0 N–H and O–H groups in total. The van der Waals surface area contributed by atoms with E-state index in [0.29, 0.717) is 0 Å². The van der Waals surface area contributed by atoms with Crippen LogP contribution in [-0.2, 0) is 20.9 Å². The lowest BCUT2D eigenvalue weighted by Crippen LogP contribution is -2.18. The van der Waals surface area contributed by atoms with Gasteiger partial charge in [-0.3, -0.25) is 4.79 Å². The fourth-order valence-corrected chi connectivity index (χ4v) is 1.96. The van der Waals surface area contributed by atoms with Crippen LogP contribution in [0.1, 0.15) is 17.0 Å². The van der Waals surface area contributed by atoms with Crippen molar-refractivity contribution in [3.63, 3.8) is 0 Å². The predicted molar refractivity (Wildman–Crippen MR) is 78.4 cm³/mol. The topological polar surface area (TPSA) is 55.7 Å². The van der Waals surface area contributed by atoms with Crippen molar-refractivity contribution < 1.29 is 14.3 Å². The van der Waals surface area contributed by atoms with Gasteiger partial charge < -0.3 is 4.74 Å². The summed E-state index contributed by atoms with van der Waals surface area (Å²) in [6.45, 7) is 0.245. The molecule has 2 rings (SSSR count). The summed E-state index contributed by atoms with van der Waals surface area (Å²) in [7, 11) is 0. The zero-order valence-corrected chi connectivity index (χ0v) is 11.4. The number of hydrogen-bond donors (Lipinski definition) is 0. The number of benzene rings is 2. The highest BCUT2D eigenvalue weighted by molar-refractivity contribution is 5.78. The highest BCUT2D eigenvalue weighted by Crippen LogP contribution is 2.18. The molecule has 0 saturated heterocycles. The minimum absolute atomic E-state index is 0.0428. The van der Waals surface area contributed by atoms with Crippen molar-refractivity contribution in [3.05, 3.63) is 71.8 Å². The van der Waals surface area contributed by atoms with Crippen molar-refractivity contribution in [3.8, 4) is 0 Å². The van der Waals surface area contributed by atoms with Gasteiger partial charge in [0.05, 0.1) is 6.54 Å². The van der Waals surface area contributed by atoms with Crippen LogP contribution in [0.3, 0.4) is 0 Å². The van der Waals surface area contributed by atoms with Gasteiger partial charge in [-0.2, -0.15) is 0 Å². The minimum atomic E-state index is -0.587. The third kappa shape index (κ3) is 4.41. The molecule has 0 saturated carbocycles. The zero-order chi connectivity index (χ0) is 14.9. The molecule has 2 aromatic carbocycles. The summed E-state index contributed by atoms with van der Waals surface area (Å²) in [6, 6.07) is 18.6. The third-order valence-corrected chi connectivity index (χ3v) is 3.05. The van der Waals surface area contributed by atoms with Crippen LogP contribution in [-0.4, -0.2) is 18.6 Å². The normalized spacial score (nSPS) is 11.2. The van der Waals surface area contributed by atoms with Crippen LogP contribution >= 0.6 is 0 Å². The van der Waals surface area contributed by atoms with Gasteiger partial charge in [0, 0.05) is 0 Å². The Hall–Kier alpha value is -2.71. The van der Waals surface area contributed by atoms with E-state index in [4.69, 9.17) is 4.74 Å². The average Bonchev–Trinajstić information content (AvgIpc) is 2.55. The molecule has 0 aliphatic carbocycles. The van der Waals surface area contributed by atoms with E-state index in [-0.39, 0.29) is 13.2 Å². The predicted octanol–water partition coefficient (Wildman–Crippen LogP) is 2.85. The molecule has 0 bridgehead atoms. The van der Waals surface area contributed by atoms with Gasteiger partial charge in [-0.25, -0.2) is 9.79 Å². The van der Waals surface area contributed by atoms with Crippen molar-refractivity contribution in [1.29, 1.82) is 0 Å². The molecule has 0 aliphatic heterocycles. The molecule has 0 aromatic heterocycles. The monoisotopic (exact) mass is 281 g/mol. The molecule has 0 radical (unpaired) electrons. The number of carbonyl (C=O) groups is 1. The van der Waals surface area contributed by atoms with Crippen LogP contribution in [0.4, 0.5) is 0 Å². The van der Waals surface area contributed by atoms with E-state index in [0.717, 1.165) is 11.1 Å². The minimum Gasteiger partial charge on any atom is -0.460 e. The highest BCUT2D eigenvalue weighted by Gasteiger charge is 2.21. The molecule has 0 fully saturated rings. The number of nitrogens with zero attached hydrogens (tertiary/aromatic N) is 1. The summed E-state index contributed by atoms with van der Waals surface area (Å²) < 4.78 is 5.31. The van der Waals surface area contributed by atoms with Crippen LogP contribution in [0, 0.1) is 0 Å². The molecular formula is C17H15NO3. The van der Waals surface area contributed by atoms with E-state index in [1.807, 2.05) is 60.7 Å². The van der Waals surface area contributed by atoms with Crippen LogP contribution in [0.25, 0.3) is 0 Å². The molecule has 0 spiro atoms. The second kappa shape index (κ2) is 7.78. The second-order valence-electron chi connectivity index (χ2n) is 4.49.